The van der Waals surface area contributed by atoms with E-state index in [9.17, 15) is 4.39 Å². The Balaban J connectivity index is 1.98. The molecule has 2 atom stereocenters. The average molecular weight is 341 g/mol. The summed E-state index contributed by atoms with van der Waals surface area (Å²) in [6, 6.07) is 15.1. The molecule has 0 amide bonds. The van der Waals surface area contributed by atoms with Crippen molar-refractivity contribution in [3.63, 3.8) is 0 Å². The van der Waals surface area contributed by atoms with Crippen molar-refractivity contribution in [1.82, 2.24) is 0 Å². The lowest BCUT2D eigenvalue weighted by Crippen LogP contribution is -2.35. The van der Waals surface area contributed by atoms with Gasteiger partial charge in [0.2, 0.25) is 0 Å². The highest BCUT2D eigenvalue weighted by Gasteiger charge is 2.37. The summed E-state index contributed by atoms with van der Waals surface area (Å²) in [5.74, 6) is 0.231. The molecule has 0 nitrogen and oxygen atoms in total. The van der Waals surface area contributed by atoms with Crippen LogP contribution in [0.3, 0.4) is 0 Å². The van der Waals surface area contributed by atoms with Crippen LogP contribution in [0, 0.1) is 11.7 Å². The van der Waals surface area contributed by atoms with Gasteiger partial charge in [0.25, 0.3) is 0 Å². The lowest BCUT2D eigenvalue weighted by Gasteiger charge is -2.40. The van der Waals surface area contributed by atoms with Gasteiger partial charge in [-0.2, -0.15) is 0 Å². The zero-order valence-electron chi connectivity index (χ0n) is 13.9. The third-order valence-electron chi connectivity index (χ3n) is 5.07. The zero-order valence-corrected chi connectivity index (χ0v) is 14.6. The summed E-state index contributed by atoms with van der Waals surface area (Å²) in [5.41, 5.74) is 2.33. The van der Waals surface area contributed by atoms with Crippen molar-refractivity contribution in [3.8, 4) is 0 Å². The van der Waals surface area contributed by atoms with Crippen LogP contribution in [0.4, 0.5) is 4.39 Å². The largest absolute Gasteiger partial charge is 0.207 e. The molecule has 3 rings (SSSR count). The summed E-state index contributed by atoms with van der Waals surface area (Å²) in [5, 5.41) is 0.775. The van der Waals surface area contributed by atoms with Gasteiger partial charge in [0.15, 0.2) is 0 Å². The maximum absolute atomic E-state index is 13.4. The van der Waals surface area contributed by atoms with Crippen LogP contribution in [-0.4, -0.2) is 0 Å². The van der Waals surface area contributed by atoms with Crippen molar-refractivity contribution >= 4 is 11.6 Å². The highest BCUT2D eigenvalue weighted by atomic mass is 35.5. The second-order valence-corrected chi connectivity index (χ2v) is 6.91. The fraction of sp³-hybridized carbons (Fsp3) is 0.273. The normalized spacial score (nSPS) is 21.0. The van der Waals surface area contributed by atoms with Crippen molar-refractivity contribution in [1.29, 1.82) is 0 Å². The van der Waals surface area contributed by atoms with Crippen LogP contribution in [-0.2, 0) is 11.8 Å². The molecule has 24 heavy (non-hydrogen) atoms. The predicted molar refractivity (Wildman–Crippen MR) is 99.9 cm³/mol. The van der Waals surface area contributed by atoms with E-state index >= 15 is 0 Å². The topological polar surface area (TPSA) is 0 Å². The lowest BCUT2D eigenvalue weighted by atomic mass is 9.64. The maximum atomic E-state index is 13.4. The summed E-state index contributed by atoms with van der Waals surface area (Å²) in [4.78, 5) is 0. The molecule has 2 unspecified atom stereocenters. The summed E-state index contributed by atoms with van der Waals surface area (Å²) in [6.45, 7) is 2.23. The van der Waals surface area contributed by atoms with E-state index < -0.39 is 0 Å². The highest BCUT2D eigenvalue weighted by molar-refractivity contribution is 6.30. The first-order valence-electron chi connectivity index (χ1n) is 8.49. The predicted octanol–water partition coefficient (Wildman–Crippen LogP) is 6.50. The van der Waals surface area contributed by atoms with Crippen LogP contribution in [0.25, 0.3) is 0 Å². The highest BCUT2D eigenvalue weighted by Crippen LogP contribution is 2.43. The third-order valence-corrected chi connectivity index (χ3v) is 5.31. The number of rotatable bonds is 5. The molecule has 2 heteroatoms. The first-order chi connectivity index (χ1) is 11.6. The van der Waals surface area contributed by atoms with Gasteiger partial charge in [-0.1, -0.05) is 73.5 Å². The number of allylic oxidation sites excluding steroid dienone is 4. The van der Waals surface area contributed by atoms with E-state index in [1.807, 2.05) is 30.3 Å². The summed E-state index contributed by atoms with van der Waals surface area (Å²) in [6.07, 6.45) is 11.6. The Morgan fingerprint density at radius 3 is 2.54 bits per heavy atom. The number of hydrogen-bond acceptors (Lipinski definition) is 0. The second-order valence-electron chi connectivity index (χ2n) is 6.48. The molecule has 2 aromatic rings. The molecule has 0 spiro atoms. The van der Waals surface area contributed by atoms with Gasteiger partial charge < -0.3 is 0 Å². The summed E-state index contributed by atoms with van der Waals surface area (Å²) in [7, 11) is 0. The number of hydrogen-bond donors (Lipinski definition) is 0. The fourth-order valence-corrected chi connectivity index (χ4v) is 4.00. The molecule has 0 aliphatic heterocycles. The van der Waals surface area contributed by atoms with Crippen LogP contribution < -0.4 is 0 Å². The SMILES string of the molecule is CCC(Cc1cccc(Cl)c1)C1(c2ccc(F)cc2)C=CC=CC1. The Labute approximate surface area is 148 Å². The van der Waals surface area contributed by atoms with Crippen LogP contribution in [0.2, 0.25) is 5.02 Å². The molecule has 0 N–H and O–H groups in total. The van der Waals surface area contributed by atoms with E-state index in [4.69, 9.17) is 11.6 Å². The second kappa shape index (κ2) is 7.36. The van der Waals surface area contributed by atoms with Crippen LogP contribution in [0.15, 0.2) is 72.8 Å². The minimum absolute atomic E-state index is 0.0977. The van der Waals surface area contributed by atoms with Crippen molar-refractivity contribution in [2.24, 2.45) is 5.92 Å². The van der Waals surface area contributed by atoms with E-state index in [-0.39, 0.29) is 11.2 Å². The molecule has 2 aromatic carbocycles. The Hall–Kier alpha value is -1.86. The molecular weight excluding hydrogens is 319 g/mol. The molecule has 0 saturated heterocycles. The fourth-order valence-electron chi connectivity index (χ4n) is 3.79. The summed E-state index contributed by atoms with van der Waals surface area (Å²) >= 11 is 6.16. The van der Waals surface area contributed by atoms with Gasteiger partial charge in [-0.05, 0) is 54.2 Å². The van der Waals surface area contributed by atoms with Gasteiger partial charge >= 0.3 is 0 Å². The van der Waals surface area contributed by atoms with E-state index in [0.717, 1.165) is 24.3 Å². The van der Waals surface area contributed by atoms with Crippen LogP contribution in [0.1, 0.15) is 30.9 Å². The van der Waals surface area contributed by atoms with Crippen molar-refractivity contribution in [2.45, 2.75) is 31.6 Å². The van der Waals surface area contributed by atoms with Crippen molar-refractivity contribution < 1.29 is 4.39 Å². The number of halogens is 2. The van der Waals surface area contributed by atoms with E-state index in [2.05, 4.69) is 37.3 Å². The van der Waals surface area contributed by atoms with Crippen molar-refractivity contribution in [2.75, 3.05) is 0 Å². The van der Waals surface area contributed by atoms with E-state index in [0.29, 0.717) is 5.92 Å². The molecule has 1 aliphatic carbocycles. The Morgan fingerprint density at radius 2 is 1.92 bits per heavy atom. The molecule has 0 saturated carbocycles. The standard InChI is InChI=1S/C22H22ClF/c1-2-18(15-17-7-6-8-20(23)16-17)22(13-4-3-5-14-22)19-9-11-21(24)12-10-19/h3-13,16,18H,2,14-15H2,1H3. The lowest BCUT2D eigenvalue weighted by molar-refractivity contribution is 0.317. The van der Waals surface area contributed by atoms with Gasteiger partial charge in [-0.15, -0.1) is 0 Å². The van der Waals surface area contributed by atoms with E-state index in [1.54, 1.807) is 12.1 Å². The smallest absolute Gasteiger partial charge is 0.123 e. The minimum atomic E-state index is -0.188. The number of benzene rings is 2. The third kappa shape index (κ3) is 3.47. The monoisotopic (exact) mass is 340 g/mol. The first kappa shape index (κ1) is 17.0. The quantitative estimate of drug-likeness (QED) is 0.582. The Kier molecular flexibility index (Phi) is 5.20. The zero-order chi connectivity index (χ0) is 17.0. The van der Waals surface area contributed by atoms with Gasteiger partial charge in [0.1, 0.15) is 5.82 Å². The Morgan fingerprint density at radius 1 is 1.12 bits per heavy atom. The molecule has 124 valence electrons. The Bertz CT molecular complexity index is 745. The molecule has 0 aromatic heterocycles. The van der Waals surface area contributed by atoms with Crippen LogP contribution in [0.5, 0.6) is 0 Å². The maximum Gasteiger partial charge on any atom is 0.123 e. The first-order valence-corrected chi connectivity index (χ1v) is 8.86. The molecular formula is C22H22ClF. The molecule has 0 bridgehead atoms. The van der Waals surface area contributed by atoms with E-state index in [1.165, 1.54) is 11.1 Å². The summed E-state index contributed by atoms with van der Waals surface area (Å²) < 4.78 is 13.4. The van der Waals surface area contributed by atoms with Crippen LogP contribution >= 0.6 is 11.6 Å². The molecule has 0 heterocycles. The average Bonchev–Trinajstić information content (AvgIpc) is 2.61. The van der Waals surface area contributed by atoms with Gasteiger partial charge in [0, 0.05) is 10.4 Å². The van der Waals surface area contributed by atoms with Gasteiger partial charge in [0.05, 0.1) is 0 Å². The molecule has 1 aliphatic rings. The molecule has 0 radical (unpaired) electrons. The molecule has 0 fully saturated rings. The minimum Gasteiger partial charge on any atom is -0.207 e. The van der Waals surface area contributed by atoms with Gasteiger partial charge in [-0.3, -0.25) is 0 Å². The van der Waals surface area contributed by atoms with Crippen molar-refractivity contribution in [3.05, 3.63) is 94.8 Å². The van der Waals surface area contributed by atoms with Gasteiger partial charge in [-0.25, -0.2) is 4.39 Å².